The SMILES string of the molecule is CCCCc1ccc(-c2ccc(OC)c([C@H]3C[C@@H]3CN)c2)cc1. The Bertz CT molecular complexity index is 647. The first-order valence-electron chi connectivity index (χ1n) is 8.74. The van der Waals surface area contributed by atoms with E-state index in [1.54, 1.807) is 7.11 Å². The lowest BCUT2D eigenvalue weighted by Gasteiger charge is -2.11. The quantitative estimate of drug-likeness (QED) is 0.800. The number of hydrogen-bond donors (Lipinski definition) is 1. The van der Waals surface area contributed by atoms with Crippen LogP contribution in [-0.2, 0) is 6.42 Å². The molecule has 0 unspecified atom stereocenters. The minimum atomic E-state index is 0.568. The summed E-state index contributed by atoms with van der Waals surface area (Å²) in [6.07, 6.45) is 4.86. The molecule has 2 atom stereocenters. The normalized spacial score (nSPS) is 19.6. The van der Waals surface area contributed by atoms with Crippen LogP contribution in [0, 0.1) is 5.92 Å². The van der Waals surface area contributed by atoms with Crippen LogP contribution < -0.4 is 10.5 Å². The van der Waals surface area contributed by atoms with Crippen molar-refractivity contribution in [3.05, 3.63) is 53.6 Å². The zero-order valence-corrected chi connectivity index (χ0v) is 14.2. The monoisotopic (exact) mass is 309 g/mol. The second-order valence-corrected chi connectivity index (χ2v) is 6.60. The summed E-state index contributed by atoms with van der Waals surface area (Å²) in [5.74, 6) is 2.18. The molecule has 0 spiro atoms. The molecule has 2 aromatic rings. The maximum Gasteiger partial charge on any atom is 0.122 e. The molecule has 3 rings (SSSR count). The van der Waals surface area contributed by atoms with Gasteiger partial charge in [-0.05, 0) is 72.0 Å². The molecule has 1 saturated carbocycles. The predicted molar refractivity (Wildman–Crippen MR) is 96.9 cm³/mol. The van der Waals surface area contributed by atoms with E-state index in [4.69, 9.17) is 10.5 Å². The Morgan fingerprint density at radius 3 is 2.43 bits per heavy atom. The molecule has 2 nitrogen and oxygen atoms in total. The lowest BCUT2D eigenvalue weighted by molar-refractivity contribution is 0.409. The molecule has 1 aliphatic carbocycles. The van der Waals surface area contributed by atoms with Crippen molar-refractivity contribution in [3.8, 4) is 16.9 Å². The molecule has 2 heteroatoms. The van der Waals surface area contributed by atoms with Gasteiger partial charge >= 0.3 is 0 Å². The van der Waals surface area contributed by atoms with Crippen LogP contribution in [-0.4, -0.2) is 13.7 Å². The van der Waals surface area contributed by atoms with Crippen LogP contribution in [0.2, 0.25) is 0 Å². The van der Waals surface area contributed by atoms with Crippen molar-refractivity contribution in [2.75, 3.05) is 13.7 Å². The third kappa shape index (κ3) is 3.59. The van der Waals surface area contributed by atoms with Crippen LogP contribution in [0.5, 0.6) is 5.75 Å². The summed E-state index contributed by atoms with van der Waals surface area (Å²) in [5, 5.41) is 0. The molecule has 122 valence electrons. The molecule has 0 saturated heterocycles. The highest BCUT2D eigenvalue weighted by Crippen LogP contribution is 2.50. The minimum Gasteiger partial charge on any atom is -0.496 e. The molecule has 2 N–H and O–H groups in total. The van der Waals surface area contributed by atoms with Crippen LogP contribution in [0.25, 0.3) is 11.1 Å². The summed E-state index contributed by atoms with van der Waals surface area (Å²) in [5.41, 5.74) is 11.1. The van der Waals surface area contributed by atoms with E-state index in [1.807, 2.05) is 0 Å². The summed E-state index contributed by atoms with van der Waals surface area (Å²) in [4.78, 5) is 0. The van der Waals surface area contributed by atoms with Gasteiger partial charge in [-0.1, -0.05) is 43.7 Å². The van der Waals surface area contributed by atoms with E-state index in [0.29, 0.717) is 11.8 Å². The number of aryl methyl sites for hydroxylation is 1. The fourth-order valence-corrected chi connectivity index (χ4v) is 3.34. The molecule has 0 radical (unpaired) electrons. The zero-order chi connectivity index (χ0) is 16.2. The second-order valence-electron chi connectivity index (χ2n) is 6.60. The van der Waals surface area contributed by atoms with Gasteiger partial charge in [-0.15, -0.1) is 0 Å². The smallest absolute Gasteiger partial charge is 0.122 e. The lowest BCUT2D eigenvalue weighted by Crippen LogP contribution is -2.02. The first-order chi connectivity index (χ1) is 11.3. The zero-order valence-electron chi connectivity index (χ0n) is 14.2. The summed E-state index contributed by atoms with van der Waals surface area (Å²) in [7, 11) is 1.75. The lowest BCUT2D eigenvalue weighted by atomic mass is 9.98. The van der Waals surface area contributed by atoms with Gasteiger partial charge in [0.25, 0.3) is 0 Å². The Morgan fingerprint density at radius 1 is 1.09 bits per heavy atom. The molecule has 0 heterocycles. The van der Waals surface area contributed by atoms with Gasteiger partial charge in [-0.2, -0.15) is 0 Å². The van der Waals surface area contributed by atoms with Crippen molar-refractivity contribution in [2.24, 2.45) is 11.7 Å². The number of benzene rings is 2. The van der Waals surface area contributed by atoms with Gasteiger partial charge in [0.1, 0.15) is 5.75 Å². The van der Waals surface area contributed by atoms with Crippen molar-refractivity contribution in [1.29, 1.82) is 0 Å². The third-order valence-electron chi connectivity index (χ3n) is 4.96. The van der Waals surface area contributed by atoms with Crippen LogP contribution in [0.1, 0.15) is 43.2 Å². The van der Waals surface area contributed by atoms with Crippen molar-refractivity contribution in [1.82, 2.24) is 0 Å². The fourth-order valence-electron chi connectivity index (χ4n) is 3.34. The highest BCUT2D eigenvalue weighted by molar-refractivity contribution is 5.66. The van der Waals surface area contributed by atoms with E-state index in [0.717, 1.165) is 12.3 Å². The van der Waals surface area contributed by atoms with Gasteiger partial charge in [0.05, 0.1) is 7.11 Å². The fraction of sp³-hybridized carbons (Fsp3) is 0.429. The molecule has 1 fully saturated rings. The van der Waals surface area contributed by atoms with E-state index in [9.17, 15) is 0 Å². The number of rotatable bonds is 7. The Labute approximate surface area is 139 Å². The Balaban J connectivity index is 1.84. The maximum atomic E-state index is 5.82. The van der Waals surface area contributed by atoms with Crippen molar-refractivity contribution < 1.29 is 4.74 Å². The average Bonchev–Trinajstić information content (AvgIpc) is 3.39. The van der Waals surface area contributed by atoms with Crippen molar-refractivity contribution in [2.45, 2.75) is 38.5 Å². The van der Waals surface area contributed by atoms with Gasteiger partial charge in [-0.25, -0.2) is 0 Å². The molecular weight excluding hydrogens is 282 g/mol. The summed E-state index contributed by atoms with van der Waals surface area (Å²) < 4.78 is 5.55. The maximum absolute atomic E-state index is 5.82. The van der Waals surface area contributed by atoms with E-state index in [-0.39, 0.29) is 0 Å². The highest BCUT2D eigenvalue weighted by atomic mass is 16.5. The first kappa shape index (κ1) is 16.1. The minimum absolute atomic E-state index is 0.568. The van der Waals surface area contributed by atoms with Gasteiger partial charge < -0.3 is 10.5 Å². The van der Waals surface area contributed by atoms with Gasteiger partial charge in [-0.3, -0.25) is 0 Å². The number of nitrogens with two attached hydrogens (primary N) is 1. The topological polar surface area (TPSA) is 35.2 Å². The van der Waals surface area contributed by atoms with Gasteiger partial charge in [0.2, 0.25) is 0 Å². The van der Waals surface area contributed by atoms with Crippen molar-refractivity contribution >= 4 is 0 Å². The molecule has 0 aliphatic heterocycles. The van der Waals surface area contributed by atoms with Crippen LogP contribution in [0.15, 0.2) is 42.5 Å². The van der Waals surface area contributed by atoms with E-state index >= 15 is 0 Å². The standard InChI is InChI=1S/C21H27NO/c1-3-4-5-15-6-8-16(9-7-15)17-10-11-21(23-2)20(12-17)19-13-18(19)14-22/h6-12,18-19H,3-5,13-14,22H2,1-2H3/t18-,19+/m1/s1. The van der Waals surface area contributed by atoms with Gasteiger partial charge in [0.15, 0.2) is 0 Å². The molecule has 1 aliphatic rings. The van der Waals surface area contributed by atoms with E-state index in [2.05, 4.69) is 49.4 Å². The van der Waals surface area contributed by atoms with Crippen molar-refractivity contribution in [3.63, 3.8) is 0 Å². The number of methoxy groups -OCH3 is 1. The number of hydrogen-bond acceptors (Lipinski definition) is 2. The highest BCUT2D eigenvalue weighted by Gasteiger charge is 2.38. The Hall–Kier alpha value is -1.80. The first-order valence-corrected chi connectivity index (χ1v) is 8.74. The Morgan fingerprint density at radius 2 is 1.83 bits per heavy atom. The summed E-state index contributed by atoms with van der Waals surface area (Å²) in [6, 6.07) is 15.5. The molecular formula is C21H27NO. The van der Waals surface area contributed by atoms with Crippen LogP contribution in [0.3, 0.4) is 0 Å². The summed E-state index contributed by atoms with van der Waals surface area (Å²) >= 11 is 0. The molecule has 0 amide bonds. The van der Waals surface area contributed by atoms with Crippen LogP contribution in [0.4, 0.5) is 0 Å². The van der Waals surface area contributed by atoms with E-state index in [1.165, 1.54) is 47.9 Å². The van der Waals surface area contributed by atoms with Crippen LogP contribution >= 0.6 is 0 Å². The molecule has 0 aromatic heterocycles. The average molecular weight is 309 g/mol. The van der Waals surface area contributed by atoms with Gasteiger partial charge in [0, 0.05) is 0 Å². The number of ether oxygens (including phenoxy) is 1. The Kier molecular flexibility index (Phi) is 5.02. The predicted octanol–water partition coefficient (Wildman–Crippen LogP) is 4.77. The largest absolute Gasteiger partial charge is 0.496 e. The second kappa shape index (κ2) is 7.18. The van der Waals surface area contributed by atoms with E-state index < -0.39 is 0 Å². The summed E-state index contributed by atoms with van der Waals surface area (Å²) in [6.45, 7) is 3.00. The number of unbranched alkanes of at least 4 members (excludes halogenated alkanes) is 1. The third-order valence-corrected chi connectivity index (χ3v) is 4.96. The molecule has 2 aromatic carbocycles. The molecule has 23 heavy (non-hydrogen) atoms. The molecule has 0 bridgehead atoms.